The monoisotopic (exact) mass is 499 g/mol. The minimum atomic E-state index is -1.26. The second kappa shape index (κ2) is 9.40. The van der Waals surface area contributed by atoms with Crippen LogP contribution < -0.4 is 0 Å². The van der Waals surface area contributed by atoms with E-state index in [0.29, 0.717) is 31.3 Å². The van der Waals surface area contributed by atoms with Gasteiger partial charge in [-0.15, -0.1) is 16.4 Å². The van der Waals surface area contributed by atoms with Gasteiger partial charge in [0.25, 0.3) is 0 Å². The Kier molecular flexibility index (Phi) is 6.80. The summed E-state index contributed by atoms with van der Waals surface area (Å²) in [6.45, 7) is -0.480. The molecule has 31 heavy (non-hydrogen) atoms. The SMILES string of the molecule is N#Cc1ccc(Cl)cc1S[C@H]1OC(CO)[C@H](O)C(n2cc(-c3nc(Cl)cs3)nn2)C1O. The van der Waals surface area contributed by atoms with Crippen LogP contribution in [0.5, 0.6) is 0 Å². The van der Waals surface area contributed by atoms with Gasteiger partial charge in [-0.2, -0.15) is 5.26 Å². The lowest BCUT2D eigenvalue weighted by molar-refractivity contribution is -0.178. The minimum Gasteiger partial charge on any atom is -0.394 e. The van der Waals surface area contributed by atoms with E-state index in [9.17, 15) is 20.6 Å². The predicted molar refractivity (Wildman–Crippen MR) is 115 cm³/mol. The van der Waals surface area contributed by atoms with Gasteiger partial charge in [0, 0.05) is 15.3 Å². The maximum atomic E-state index is 11.0. The first-order valence-corrected chi connectivity index (χ1v) is 11.4. The molecule has 0 spiro atoms. The average Bonchev–Trinajstić information content (AvgIpc) is 3.39. The fourth-order valence-corrected chi connectivity index (χ4v) is 5.50. The molecule has 4 rings (SSSR count). The van der Waals surface area contributed by atoms with Crippen molar-refractivity contribution in [2.75, 3.05) is 6.61 Å². The zero-order valence-corrected chi connectivity index (χ0v) is 18.7. The van der Waals surface area contributed by atoms with Crippen molar-refractivity contribution in [2.45, 2.75) is 34.7 Å². The molecular formula is C18H15Cl2N5O4S2. The predicted octanol–water partition coefficient (Wildman–Crippen LogP) is 2.35. The summed E-state index contributed by atoms with van der Waals surface area (Å²) in [4.78, 5) is 4.64. The molecule has 13 heteroatoms. The van der Waals surface area contributed by atoms with Crippen molar-refractivity contribution < 1.29 is 20.1 Å². The number of rotatable bonds is 5. The number of ether oxygens (including phenoxy) is 1. The summed E-state index contributed by atoms with van der Waals surface area (Å²) in [5.74, 6) is 0. The highest BCUT2D eigenvalue weighted by molar-refractivity contribution is 7.99. The zero-order chi connectivity index (χ0) is 22.1. The van der Waals surface area contributed by atoms with Crippen LogP contribution in [0.1, 0.15) is 11.6 Å². The van der Waals surface area contributed by atoms with Crippen molar-refractivity contribution in [2.24, 2.45) is 0 Å². The third-order valence-corrected chi connectivity index (χ3v) is 7.30. The Labute approximate surface area is 194 Å². The lowest BCUT2D eigenvalue weighted by Crippen LogP contribution is -2.55. The van der Waals surface area contributed by atoms with Crippen LogP contribution in [0.3, 0.4) is 0 Å². The molecule has 0 saturated carbocycles. The van der Waals surface area contributed by atoms with Gasteiger partial charge in [-0.3, -0.25) is 0 Å². The van der Waals surface area contributed by atoms with Crippen LogP contribution in [0.4, 0.5) is 0 Å². The van der Waals surface area contributed by atoms with Gasteiger partial charge in [0.2, 0.25) is 0 Å². The molecule has 3 unspecified atom stereocenters. The molecule has 3 heterocycles. The highest BCUT2D eigenvalue weighted by atomic mass is 35.5. The van der Waals surface area contributed by atoms with Crippen LogP contribution in [0, 0.1) is 11.3 Å². The summed E-state index contributed by atoms with van der Waals surface area (Å²) >= 11 is 14.3. The Bertz CT molecular complexity index is 1120. The van der Waals surface area contributed by atoms with Crippen molar-refractivity contribution in [3.63, 3.8) is 0 Å². The summed E-state index contributed by atoms with van der Waals surface area (Å²) in [7, 11) is 0. The first-order chi connectivity index (χ1) is 14.9. The second-order valence-electron chi connectivity index (χ2n) is 6.63. The van der Waals surface area contributed by atoms with E-state index in [1.807, 2.05) is 0 Å². The first kappa shape index (κ1) is 22.4. The number of thioether (sulfide) groups is 1. The highest BCUT2D eigenvalue weighted by Crippen LogP contribution is 2.40. The van der Waals surface area contributed by atoms with Gasteiger partial charge in [0.05, 0.1) is 18.4 Å². The number of aliphatic hydroxyl groups is 3. The molecule has 1 aliphatic heterocycles. The molecule has 0 amide bonds. The van der Waals surface area contributed by atoms with Crippen LogP contribution in [0.25, 0.3) is 10.7 Å². The molecule has 162 valence electrons. The highest BCUT2D eigenvalue weighted by Gasteiger charge is 2.46. The number of nitrogens with zero attached hydrogens (tertiary/aromatic N) is 5. The summed E-state index contributed by atoms with van der Waals surface area (Å²) in [6, 6.07) is 5.85. The van der Waals surface area contributed by atoms with E-state index < -0.39 is 36.4 Å². The second-order valence-corrected chi connectivity index (χ2v) is 9.45. The fraction of sp³-hybridized carbons (Fsp3) is 0.333. The number of thiazole rings is 1. The largest absolute Gasteiger partial charge is 0.394 e. The average molecular weight is 500 g/mol. The molecule has 1 fully saturated rings. The molecule has 3 N–H and O–H groups in total. The number of nitriles is 1. The van der Waals surface area contributed by atoms with Gasteiger partial charge in [0.1, 0.15) is 51.7 Å². The molecule has 3 aromatic rings. The van der Waals surface area contributed by atoms with E-state index >= 15 is 0 Å². The normalized spacial score (nSPS) is 26.0. The van der Waals surface area contributed by atoms with Crippen molar-refractivity contribution >= 4 is 46.3 Å². The minimum absolute atomic E-state index is 0.326. The summed E-state index contributed by atoms with van der Waals surface area (Å²) < 4.78 is 7.04. The van der Waals surface area contributed by atoms with Gasteiger partial charge in [-0.1, -0.05) is 40.2 Å². The first-order valence-electron chi connectivity index (χ1n) is 8.93. The molecule has 1 aromatic carbocycles. The quantitative estimate of drug-likeness (QED) is 0.482. The fourth-order valence-electron chi connectivity index (χ4n) is 3.18. The topological polar surface area (TPSA) is 137 Å². The van der Waals surface area contributed by atoms with Crippen LogP contribution in [-0.4, -0.2) is 65.7 Å². The smallest absolute Gasteiger partial charge is 0.147 e. The van der Waals surface area contributed by atoms with Gasteiger partial charge in [-0.05, 0) is 18.2 Å². The molecule has 0 bridgehead atoms. The van der Waals surface area contributed by atoms with E-state index in [4.69, 9.17) is 27.9 Å². The Morgan fingerprint density at radius 3 is 2.77 bits per heavy atom. The molecule has 0 aliphatic carbocycles. The summed E-state index contributed by atoms with van der Waals surface area (Å²) in [5, 5.41) is 51.8. The van der Waals surface area contributed by atoms with Crippen molar-refractivity contribution in [3.8, 4) is 16.8 Å². The van der Waals surface area contributed by atoms with E-state index in [1.165, 1.54) is 22.2 Å². The Morgan fingerprint density at radius 2 is 2.10 bits per heavy atom. The van der Waals surface area contributed by atoms with Crippen molar-refractivity contribution in [1.29, 1.82) is 5.26 Å². The lowest BCUT2D eigenvalue weighted by atomic mass is 9.97. The van der Waals surface area contributed by atoms with Crippen LogP contribution >= 0.6 is 46.3 Å². The van der Waals surface area contributed by atoms with Crippen LogP contribution in [-0.2, 0) is 4.74 Å². The van der Waals surface area contributed by atoms with Gasteiger partial charge in [-0.25, -0.2) is 9.67 Å². The van der Waals surface area contributed by atoms with Gasteiger partial charge >= 0.3 is 0 Å². The number of benzene rings is 1. The Balaban J connectivity index is 1.64. The number of hydrogen-bond acceptors (Lipinski definition) is 10. The molecule has 1 aliphatic rings. The molecule has 0 radical (unpaired) electrons. The maximum Gasteiger partial charge on any atom is 0.147 e. The van der Waals surface area contributed by atoms with Crippen LogP contribution in [0.15, 0.2) is 34.7 Å². The third-order valence-electron chi connectivity index (χ3n) is 4.67. The Morgan fingerprint density at radius 1 is 1.29 bits per heavy atom. The maximum absolute atomic E-state index is 11.0. The number of aromatic nitrogens is 4. The van der Waals surface area contributed by atoms with E-state index in [2.05, 4.69) is 21.4 Å². The lowest BCUT2D eigenvalue weighted by Gasteiger charge is -2.41. The van der Waals surface area contributed by atoms with E-state index in [0.717, 1.165) is 11.8 Å². The van der Waals surface area contributed by atoms with Crippen molar-refractivity contribution in [3.05, 3.63) is 45.5 Å². The molecular weight excluding hydrogens is 485 g/mol. The van der Waals surface area contributed by atoms with Crippen molar-refractivity contribution in [1.82, 2.24) is 20.0 Å². The van der Waals surface area contributed by atoms with E-state index in [-0.39, 0.29) is 0 Å². The number of halogens is 2. The number of aliphatic hydroxyl groups excluding tert-OH is 3. The third kappa shape index (κ3) is 4.57. The molecule has 5 atom stereocenters. The molecule has 1 saturated heterocycles. The molecule has 2 aromatic heterocycles. The standard InChI is InChI=1S/C18H15Cl2N5O4S2/c19-9-2-1-8(4-21)12(3-9)31-18-16(28)14(15(27)11(6-26)29-18)25-5-10(23-24-25)17-22-13(20)7-30-17/h1-3,5,7,11,14-16,18,26-28H,6H2/t11?,14?,15-,16?,18+/m0/s1. The van der Waals surface area contributed by atoms with Gasteiger partial charge < -0.3 is 20.1 Å². The van der Waals surface area contributed by atoms with E-state index in [1.54, 1.807) is 23.6 Å². The van der Waals surface area contributed by atoms with Crippen LogP contribution in [0.2, 0.25) is 10.2 Å². The molecule has 9 nitrogen and oxygen atoms in total. The number of hydrogen-bond donors (Lipinski definition) is 3. The summed E-state index contributed by atoms with van der Waals surface area (Å²) in [6.07, 6.45) is -1.96. The Hall–Kier alpha value is -1.75. The van der Waals surface area contributed by atoms with Gasteiger partial charge in [0.15, 0.2) is 0 Å². The zero-order valence-electron chi connectivity index (χ0n) is 15.5. The summed E-state index contributed by atoms with van der Waals surface area (Å²) in [5.41, 5.74) is -0.135.